The first-order chi connectivity index (χ1) is 15.5. The van der Waals surface area contributed by atoms with Crippen LogP contribution in [0.1, 0.15) is 38.6 Å². The second-order valence-electron chi connectivity index (χ2n) is 7.71. The van der Waals surface area contributed by atoms with Crippen molar-refractivity contribution in [3.05, 3.63) is 99.3 Å². The van der Waals surface area contributed by atoms with Crippen LogP contribution in [0.4, 0.5) is 5.13 Å². The lowest BCUT2D eigenvalue weighted by molar-refractivity contribution is -0.111. The van der Waals surface area contributed by atoms with Crippen LogP contribution in [0.5, 0.6) is 0 Å². The van der Waals surface area contributed by atoms with E-state index in [1.165, 1.54) is 28.5 Å². The lowest BCUT2D eigenvalue weighted by Crippen LogP contribution is -2.07. The molecule has 162 valence electrons. The Morgan fingerprint density at radius 2 is 1.75 bits per heavy atom. The minimum absolute atomic E-state index is 0.238. The van der Waals surface area contributed by atoms with E-state index in [2.05, 4.69) is 51.8 Å². The van der Waals surface area contributed by atoms with Gasteiger partial charge in [0.15, 0.2) is 0 Å². The van der Waals surface area contributed by atoms with E-state index >= 15 is 0 Å². The third-order valence-corrected chi connectivity index (χ3v) is 6.03. The summed E-state index contributed by atoms with van der Waals surface area (Å²) in [5.41, 5.74) is 6.45. The number of anilines is 1. The summed E-state index contributed by atoms with van der Waals surface area (Å²) >= 11 is 1.39. The standard InChI is InChI=1S/C25H25N5OS/c1-17-9-11-21(12-10-17)16-30-19(3)22(18(2)29-30)13-14-23(31)26-25-28-27-24(32-25)15-20-7-5-4-6-8-20/h4-14H,15-16H2,1-3H3,(H,26,28,31)/b14-13+. The van der Waals surface area contributed by atoms with Gasteiger partial charge in [0, 0.05) is 23.8 Å². The number of aryl methyl sites for hydroxylation is 2. The molecule has 0 fully saturated rings. The first-order valence-corrected chi connectivity index (χ1v) is 11.2. The number of nitrogens with zero attached hydrogens (tertiary/aromatic N) is 4. The molecule has 6 nitrogen and oxygen atoms in total. The van der Waals surface area contributed by atoms with Gasteiger partial charge in [0.1, 0.15) is 5.01 Å². The summed E-state index contributed by atoms with van der Waals surface area (Å²) in [5.74, 6) is -0.238. The van der Waals surface area contributed by atoms with Gasteiger partial charge in [0.05, 0.1) is 12.2 Å². The summed E-state index contributed by atoms with van der Waals surface area (Å²) in [6.45, 7) is 6.75. The van der Waals surface area contributed by atoms with Crippen LogP contribution in [-0.4, -0.2) is 25.9 Å². The lowest BCUT2D eigenvalue weighted by Gasteiger charge is -2.05. The number of aromatic nitrogens is 4. The normalized spacial score (nSPS) is 11.2. The van der Waals surface area contributed by atoms with Crippen LogP contribution >= 0.6 is 11.3 Å². The topological polar surface area (TPSA) is 72.7 Å². The second kappa shape index (κ2) is 9.70. The summed E-state index contributed by atoms with van der Waals surface area (Å²) in [6.07, 6.45) is 4.03. The van der Waals surface area contributed by atoms with Crippen molar-refractivity contribution in [2.75, 3.05) is 5.32 Å². The van der Waals surface area contributed by atoms with E-state index in [0.29, 0.717) is 18.1 Å². The van der Waals surface area contributed by atoms with Crippen molar-refractivity contribution >= 4 is 28.5 Å². The van der Waals surface area contributed by atoms with Gasteiger partial charge in [-0.1, -0.05) is 71.5 Å². The Kier molecular flexibility index (Phi) is 6.56. The van der Waals surface area contributed by atoms with Gasteiger partial charge in [-0.25, -0.2) is 0 Å². The first-order valence-electron chi connectivity index (χ1n) is 10.4. The van der Waals surface area contributed by atoms with Gasteiger partial charge < -0.3 is 0 Å². The number of benzene rings is 2. The molecule has 2 heterocycles. The number of rotatable bonds is 7. The van der Waals surface area contributed by atoms with Crippen LogP contribution < -0.4 is 5.32 Å². The molecule has 0 radical (unpaired) electrons. The smallest absolute Gasteiger partial charge is 0.250 e. The van der Waals surface area contributed by atoms with Crippen molar-refractivity contribution in [3.8, 4) is 0 Å². The third-order valence-electron chi connectivity index (χ3n) is 5.19. The number of amides is 1. The maximum Gasteiger partial charge on any atom is 0.250 e. The van der Waals surface area contributed by atoms with Gasteiger partial charge in [-0.3, -0.25) is 14.8 Å². The maximum atomic E-state index is 12.4. The van der Waals surface area contributed by atoms with Crippen molar-refractivity contribution < 1.29 is 4.79 Å². The molecule has 1 N–H and O–H groups in total. The number of carbonyl (C=O) groups excluding carboxylic acids is 1. The lowest BCUT2D eigenvalue weighted by atomic mass is 10.1. The number of carbonyl (C=O) groups is 1. The van der Waals surface area contributed by atoms with Gasteiger partial charge >= 0.3 is 0 Å². The molecule has 0 saturated carbocycles. The number of hydrogen-bond acceptors (Lipinski definition) is 5. The highest BCUT2D eigenvalue weighted by molar-refractivity contribution is 7.15. The molecule has 0 aliphatic rings. The van der Waals surface area contributed by atoms with Crippen LogP contribution in [0, 0.1) is 20.8 Å². The predicted octanol–water partition coefficient (Wildman–Crippen LogP) is 4.95. The predicted molar refractivity (Wildman–Crippen MR) is 129 cm³/mol. The second-order valence-corrected chi connectivity index (χ2v) is 8.78. The van der Waals surface area contributed by atoms with Crippen molar-refractivity contribution in [1.29, 1.82) is 0 Å². The molecule has 4 aromatic rings. The van der Waals surface area contributed by atoms with Crippen LogP contribution in [0.15, 0.2) is 60.7 Å². The molecule has 2 aromatic carbocycles. The van der Waals surface area contributed by atoms with E-state index in [4.69, 9.17) is 0 Å². The highest BCUT2D eigenvalue weighted by Gasteiger charge is 2.11. The van der Waals surface area contributed by atoms with Crippen molar-refractivity contribution in [1.82, 2.24) is 20.0 Å². The Hall–Kier alpha value is -3.58. The van der Waals surface area contributed by atoms with Crippen molar-refractivity contribution in [2.24, 2.45) is 0 Å². The summed E-state index contributed by atoms with van der Waals surface area (Å²) in [5, 5.41) is 17.1. The molecule has 0 aliphatic carbocycles. The molecule has 0 spiro atoms. The minimum Gasteiger partial charge on any atom is -0.297 e. The van der Waals surface area contributed by atoms with Gasteiger partial charge in [0.25, 0.3) is 0 Å². The van der Waals surface area contributed by atoms with E-state index in [1.54, 1.807) is 0 Å². The molecule has 4 rings (SSSR count). The Labute approximate surface area is 191 Å². The fourth-order valence-electron chi connectivity index (χ4n) is 3.42. The summed E-state index contributed by atoms with van der Waals surface area (Å²) < 4.78 is 1.97. The molecule has 0 bridgehead atoms. The van der Waals surface area contributed by atoms with Gasteiger partial charge in [-0.05, 0) is 38.0 Å². The molecule has 0 atom stereocenters. The number of hydrogen-bond donors (Lipinski definition) is 1. The molecule has 32 heavy (non-hydrogen) atoms. The Balaban J connectivity index is 1.39. The number of nitrogens with one attached hydrogen (secondary N) is 1. The van der Waals surface area contributed by atoms with E-state index in [1.807, 2.05) is 54.9 Å². The van der Waals surface area contributed by atoms with Crippen LogP contribution in [0.25, 0.3) is 6.08 Å². The minimum atomic E-state index is -0.238. The zero-order valence-electron chi connectivity index (χ0n) is 18.4. The fourth-order valence-corrected chi connectivity index (χ4v) is 4.20. The quantitative estimate of drug-likeness (QED) is 0.410. The zero-order chi connectivity index (χ0) is 22.5. The summed E-state index contributed by atoms with van der Waals surface area (Å²) in [7, 11) is 0. The molecule has 0 saturated heterocycles. The molecule has 0 unspecified atom stereocenters. The summed E-state index contributed by atoms with van der Waals surface area (Å²) in [6, 6.07) is 18.5. The largest absolute Gasteiger partial charge is 0.297 e. The van der Waals surface area contributed by atoms with Crippen molar-refractivity contribution in [2.45, 2.75) is 33.7 Å². The molecule has 7 heteroatoms. The van der Waals surface area contributed by atoms with Crippen LogP contribution in [-0.2, 0) is 17.8 Å². The van der Waals surface area contributed by atoms with E-state index < -0.39 is 0 Å². The first kappa shape index (κ1) is 21.6. The molecular formula is C25H25N5OS. The molecule has 0 aliphatic heterocycles. The molecule has 2 aromatic heterocycles. The van der Waals surface area contributed by atoms with E-state index in [9.17, 15) is 4.79 Å². The van der Waals surface area contributed by atoms with Crippen molar-refractivity contribution in [3.63, 3.8) is 0 Å². The zero-order valence-corrected chi connectivity index (χ0v) is 19.2. The average molecular weight is 444 g/mol. The Morgan fingerprint density at radius 3 is 2.50 bits per heavy atom. The molecule has 1 amide bonds. The SMILES string of the molecule is Cc1ccc(Cn2nc(C)c(/C=C/C(=O)Nc3nnc(Cc4ccccc4)s3)c2C)cc1. The highest BCUT2D eigenvalue weighted by Crippen LogP contribution is 2.20. The maximum absolute atomic E-state index is 12.4. The van der Waals surface area contributed by atoms with Gasteiger partial charge in [0.2, 0.25) is 11.0 Å². The Morgan fingerprint density at radius 1 is 1.00 bits per heavy atom. The Bertz CT molecular complexity index is 1240. The third kappa shape index (κ3) is 5.36. The molecular weight excluding hydrogens is 418 g/mol. The van der Waals surface area contributed by atoms with Crippen LogP contribution in [0.3, 0.4) is 0 Å². The van der Waals surface area contributed by atoms with Crippen LogP contribution in [0.2, 0.25) is 0 Å². The summed E-state index contributed by atoms with van der Waals surface area (Å²) in [4.78, 5) is 12.4. The van der Waals surface area contributed by atoms with E-state index in [-0.39, 0.29) is 5.91 Å². The van der Waals surface area contributed by atoms with E-state index in [0.717, 1.165) is 27.5 Å². The van der Waals surface area contributed by atoms with Gasteiger partial charge in [-0.15, -0.1) is 10.2 Å². The fraction of sp³-hybridized carbons (Fsp3) is 0.200. The highest BCUT2D eigenvalue weighted by atomic mass is 32.1. The monoisotopic (exact) mass is 443 g/mol. The van der Waals surface area contributed by atoms with Gasteiger partial charge in [-0.2, -0.15) is 5.10 Å². The average Bonchev–Trinajstić information content (AvgIpc) is 3.32.